The van der Waals surface area contributed by atoms with Gasteiger partial charge in [-0.25, -0.2) is 4.79 Å². The second kappa shape index (κ2) is 10.4. The number of carbonyl (C=O) groups is 1. The lowest BCUT2D eigenvalue weighted by atomic mass is 9.89. The van der Waals surface area contributed by atoms with Gasteiger partial charge >= 0.3 is 18.4 Å². The normalized spacial score (nSPS) is 17.8. The summed E-state index contributed by atoms with van der Waals surface area (Å²) >= 11 is 0. The zero-order chi connectivity index (χ0) is 28.7. The second-order valence-electron chi connectivity index (χ2n) is 9.72. The maximum absolute atomic E-state index is 13.5. The van der Waals surface area contributed by atoms with Crippen LogP contribution in [-0.2, 0) is 23.6 Å². The van der Waals surface area contributed by atoms with E-state index >= 15 is 0 Å². The van der Waals surface area contributed by atoms with Crippen molar-refractivity contribution in [3.63, 3.8) is 0 Å². The van der Waals surface area contributed by atoms with Crippen LogP contribution in [-0.4, -0.2) is 38.9 Å². The molecule has 0 bridgehead atoms. The summed E-state index contributed by atoms with van der Waals surface area (Å²) in [4.78, 5) is 15.9. The quantitative estimate of drug-likeness (QED) is 0.364. The Labute approximate surface area is 219 Å². The number of carbonyl (C=O) groups excluding carboxylic acids is 1. The van der Waals surface area contributed by atoms with E-state index in [0.717, 1.165) is 5.56 Å². The molecule has 2 heterocycles. The molecule has 4 rings (SSSR count). The molecule has 210 valence electrons. The van der Waals surface area contributed by atoms with E-state index in [1.54, 1.807) is 32.9 Å². The van der Waals surface area contributed by atoms with E-state index in [-0.39, 0.29) is 30.1 Å². The Morgan fingerprint density at radius 2 is 1.74 bits per heavy atom. The predicted molar refractivity (Wildman–Crippen MR) is 129 cm³/mol. The Morgan fingerprint density at radius 3 is 2.28 bits per heavy atom. The molecule has 1 aromatic heterocycles. The molecule has 1 N–H and O–H groups in total. The molecular formula is C25H26F6N6O2. The third-order valence-corrected chi connectivity index (χ3v) is 6.31. The first-order valence-electron chi connectivity index (χ1n) is 12.0. The molecule has 1 amide bonds. The van der Waals surface area contributed by atoms with Crippen LogP contribution in [0.2, 0.25) is 0 Å². The van der Waals surface area contributed by atoms with Crippen LogP contribution >= 0.6 is 0 Å². The summed E-state index contributed by atoms with van der Waals surface area (Å²) in [6.07, 6.45) is -10.7. The molecule has 1 aliphatic rings. The van der Waals surface area contributed by atoms with Gasteiger partial charge in [0.15, 0.2) is 0 Å². The molecule has 0 aliphatic carbocycles. The average Bonchev–Trinajstić information content (AvgIpc) is 3.35. The van der Waals surface area contributed by atoms with Crippen molar-refractivity contribution in [2.24, 2.45) is 0 Å². The molecule has 3 aromatic rings. The van der Waals surface area contributed by atoms with Crippen LogP contribution in [0.3, 0.4) is 0 Å². The van der Waals surface area contributed by atoms with Gasteiger partial charge in [0.05, 0.1) is 29.0 Å². The number of halogens is 6. The fourth-order valence-electron chi connectivity index (χ4n) is 4.69. The number of nitrogens with one attached hydrogen (secondary N) is 1. The first-order valence-corrected chi connectivity index (χ1v) is 12.0. The maximum Gasteiger partial charge on any atom is 0.416 e. The minimum atomic E-state index is -4.99. The van der Waals surface area contributed by atoms with Gasteiger partial charge in [-0.15, -0.1) is 5.10 Å². The topological polar surface area (TPSA) is 87.2 Å². The number of hydrogen-bond acceptors (Lipinski definition) is 6. The van der Waals surface area contributed by atoms with Crippen LogP contribution in [0.4, 0.5) is 42.8 Å². The number of ether oxygens (including phenoxy) is 1. The minimum absolute atomic E-state index is 0.0242. The van der Waals surface area contributed by atoms with Gasteiger partial charge < -0.3 is 9.64 Å². The van der Waals surface area contributed by atoms with E-state index in [1.165, 1.54) is 9.80 Å². The number of rotatable bonds is 5. The monoisotopic (exact) mass is 556 g/mol. The van der Waals surface area contributed by atoms with Crippen molar-refractivity contribution >= 4 is 17.7 Å². The van der Waals surface area contributed by atoms with Crippen molar-refractivity contribution in [3.05, 3.63) is 64.2 Å². The van der Waals surface area contributed by atoms with E-state index in [2.05, 4.69) is 20.6 Å². The van der Waals surface area contributed by atoms with E-state index in [0.29, 0.717) is 23.4 Å². The fourth-order valence-corrected chi connectivity index (χ4v) is 4.69. The van der Waals surface area contributed by atoms with Gasteiger partial charge in [-0.05, 0) is 74.7 Å². The van der Waals surface area contributed by atoms with E-state index < -0.39 is 48.2 Å². The molecule has 0 saturated heterocycles. The van der Waals surface area contributed by atoms with Crippen LogP contribution in [0.1, 0.15) is 61.1 Å². The van der Waals surface area contributed by atoms with Gasteiger partial charge in [0.25, 0.3) is 5.95 Å². The number of H-pyrrole nitrogens is 1. The Morgan fingerprint density at radius 1 is 1.10 bits per heavy atom. The van der Waals surface area contributed by atoms with E-state index in [9.17, 15) is 31.1 Å². The Hall–Kier alpha value is -3.84. The number of aromatic amines is 1. The summed E-state index contributed by atoms with van der Waals surface area (Å²) in [7, 11) is 0. The van der Waals surface area contributed by atoms with Gasteiger partial charge in [-0.2, -0.15) is 31.6 Å². The standard InChI is InChI=1S/C25H26F6N6O2/c1-13(2)39-23(38)37-15(4)8-21(19-7-14(3)5-6-20(19)37)36(22-32-34-35-33-22)12-16-9-17(24(26,27)28)11-18(10-16)25(29,30)31/h5-7,9-11,13,15,21H,8,12H2,1-4H3,(H,32,33,34,35)/t15-,21+/m1/s1. The highest BCUT2D eigenvalue weighted by Gasteiger charge is 2.40. The molecule has 0 fully saturated rings. The lowest BCUT2D eigenvalue weighted by Crippen LogP contribution is -2.47. The Bertz CT molecular complexity index is 1290. The van der Waals surface area contributed by atoms with Crippen LogP contribution in [0.5, 0.6) is 0 Å². The number of tetrazole rings is 1. The first kappa shape index (κ1) is 28.2. The van der Waals surface area contributed by atoms with Gasteiger partial charge in [-0.3, -0.25) is 4.90 Å². The van der Waals surface area contributed by atoms with Crippen molar-refractivity contribution in [2.75, 3.05) is 9.80 Å². The molecule has 0 radical (unpaired) electrons. The number of benzene rings is 2. The summed E-state index contributed by atoms with van der Waals surface area (Å²) < 4.78 is 86.6. The number of nitrogens with zero attached hydrogens (tertiary/aromatic N) is 5. The van der Waals surface area contributed by atoms with E-state index in [1.807, 2.05) is 13.0 Å². The van der Waals surface area contributed by atoms with Gasteiger partial charge in [-0.1, -0.05) is 22.8 Å². The van der Waals surface area contributed by atoms with Gasteiger partial charge in [0, 0.05) is 12.6 Å². The third-order valence-electron chi connectivity index (χ3n) is 6.31. The van der Waals surface area contributed by atoms with Crippen molar-refractivity contribution < 1.29 is 35.9 Å². The molecule has 1 aliphatic heterocycles. The zero-order valence-corrected chi connectivity index (χ0v) is 21.4. The van der Waals surface area contributed by atoms with Crippen LogP contribution in [0.15, 0.2) is 36.4 Å². The van der Waals surface area contributed by atoms with Crippen molar-refractivity contribution in [2.45, 2.75) is 71.2 Å². The largest absolute Gasteiger partial charge is 0.446 e. The number of hydrogen-bond donors (Lipinski definition) is 1. The van der Waals surface area contributed by atoms with Crippen LogP contribution in [0, 0.1) is 6.92 Å². The number of alkyl halides is 6. The summed E-state index contributed by atoms with van der Waals surface area (Å²) in [6.45, 7) is 6.64. The molecule has 0 unspecified atom stereocenters. The smallest absolute Gasteiger partial charge is 0.416 e. The Balaban J connectivity index is 1.82. The van der Waals surface area contributed by atoms with Crippen LogP contribution in [0.25, 0.3) is 0 Å². The molecule has 0 spiro atoms. The molecule has 2 atom stereocenters. The predicted octanol–water partition coefficient (Wildman–Crippen LogP) is 6.44. The summed E-state index contributed by atoms with van der Waals surface area (Å²) in [5.41, 5.74) is -1.14. The molecule has 8 nitrogen and oxygen atoms in total. The highest BCUT2D eigenvalue weighted by atomic mass is 19.4. The molecule has 0 saturated carbocycles. The van der Waals surface area contributed by atoms with Gasteiger partial charge in [0.2, 0.25) is 0 Å². The number of aromatic nitrogens is 4. The number of aryl methyl sites for hydroxylation is 1. The van der Waals surface area contributed by atoms with Crippen LogP contribution < -0.4 is 9.80 Å². The SMILES string of the molecule is Cc1ccc2c(c1)[C@@H](N(Cc1cc(C(F)(F)F)cc(C(F)(F)F)c1)c1nn[nH]n1)C[C@@H](C)N2C(=O)OC(C)C. The lowest BCUT2D eigenvalue weighted by molar-refractivity contribution is -0.143. The average molecular weight is 557 g/mol. The highest BCUT2D eigenvalue weighted by Crippen LogP contribution is 2.43. The summed E-state index contributed by atoms with van der Waals surface area (Å²) in [5, 5.41) is 13.8. The van der Waals surface area contributed by atoms with Crippen molar-refractivity contribution in [3.8, 4) is 0 Å². The minimum Gasteiger partial charge on any atom is -0.446 e. The Kier molecular flexibility index (Phi) is 7.50. The lowest BCUT2D eigenvalue weighted by Gasteiger charge is -2.43. The molecule has 2 aromatic carbocycles. The van der Waals surface area contributed by atoms with E-state index in [4.69, 9.17) is 4.74 Å². The van der Waals surface area contributed by atoms with Crippen molar-refractivity contribution in [1.29, 1.82) is 0 Å². The van der Waals surface area contributed by atoms with Crippen molar-refractivity contribution in [1.82, 2.24) is 20.6 Å². The third kappa shape index (κ3) is 6.09. The zero-order valence-electron chi connectivity index (χ0n) is 21.4. The second-order valence-corrected chi connectivity index (χ2v) is 9.72. The highest BCUT2D eigenvalue weighted by molar-refractivity contribution is 5.90. The number of amides is 1. The molecule has 39 heavy (non-hydrogen) atoms. The van der Waals surface area contributed by atoms with Gasteiger partial charge in [0.1, 0.15) is 0 Å². The number of fused-ring (bicyclic) bond motifs is 1. The molecule has 14 heteroatoms. The summed E-state index contributed by atoms with van der Waals surface area (Å²) in [5.74, 6) is -0.0242. The fraction of sp³-hybridized carbons (Fsp3) is 0.440. The maximum atomic E-state index is 13.5. The number of anilines is 2. The summed E-state index contributed by atoms with van der Waals surface area (Å²) in [6, 6.07) is 5.71. The first-order chi connectivity index (χ1) is 18.1. The molecular weight excluding hydrogens is 530 g/mol.